The van der Waals surface area contributed by atoms with Crippen molar-refractivity contribution >= 4 is 17.7 Å². The predicted octanol–water partition coefficient (Wildman–Crippen LogP) is 2.46. The quantitative estimate of drug-likeness (QED) is 0.583. The number of rotatable bonds is 8. The number of ether oxygens (including phenoxy) is 1. The fraction of sp³-hybridized carbons (Fsp3) is 0.462. The first kappa shape index (κ1) is 15.0. The van der Waals surface area contributed by atoms with Gasteiger partial charge in [-0.3, -0.25) is 4.79 Å². The van der Waals surface area contributed by atoms with Gasteiger partial charge in [0.2, 0.25) is 5.91 Å². The van der Waals surface area contributed by atoms with Crippen LogP contribution in [0.4, 0.5) is 4.39 Å². The SMILES string of the molecule is COCCCNC(=O)CCSc1ccc(F)cc1. The van der Waals surface area contributed by atoms with Gasteiger partial charge >= 0.3 is 0 Å². The molecule has 5 heteroatoms. The first-order valence-electron chi connectivity index (χ1n) is 5.86. The van der Waals surface area contributed by atoms with Gasteiger partial charge in [-0.25, -0.2) is 4.39 Å². The Morgan fingerprint density at radius 1 is 1.39 bits per heavy atom. The predicted molar refractivity (Wildman–Crippen MR) is 71.2 cm³/mol. The third-order valence-electron chi connectivity index (χ3n) is 2.26. The second kappa shape index (κ2) is 8.94. The van der Waals surface area contributed by atoms with Gasteiger partial charge in [-0.05, 0) is 30.7 Å². The summed E-state index contributed by atoms with van der Waals surface area (Å²) in [6.07, 6.45) is 1.29. The zero-order chi connectivity index (χ0) is 13.2. The summed E-state index contributed by atoms with van der Waals surface area (Å²) < 4.78 is 17.5. The number of halogens is 1. The first-order chi connectivity index (χ1) is 8.72. The Balaban J connectivity index is 2.10. The molecule has 0 aliphatic rings. The summed E-state index contributed by atoms with van der Waals surface area (Å²) >= 11 is 1.55. The lowest BCUT2D eigenvalue weighted by Gasteiger charge is -2.04. The highest BCUT2D eigenvalue weighted by molar-refractivity contribution is 7.99. The number of hydrogen-bond acceptors (Lipinski definition) is 3. The molecule has 0 fully saturated rings. The average Bonchev–Trinajstić information content (AvgIpc) is 2.37. The molecule has 0 radical (unpaired) electrons. The van der Waals surface area contributed by atoms with Crippen molar-refractivity contribution in [2.24, 2.45) is 0 Å². The van der Waals surface area contributed by atoms with Crippen LogP contribution in [0, 0.1) is 5.82 Å². The highest BCUT2D eigenvalue weighted by atomic mass is 32.2. The largest absolute Gasteiger partial charge is 0.385 e. The van der Waals surface area contributed by atoms with E-state index in [2.05, 4.69) is 5.32 Å². The highest BCUT2D eigenvalue weighted by Crippen LogP contribution is 2.18. The lowest BCUT2D eigenvalue weighted by atomic mass is 10.3. The molecule has 3 nitrogen and oxygen atoms in total. The molecule has 18 heavy (non-hydrogen) atoms. The second-order valence-corrected chi connectivity index (χ2v) is 4.92. The van der Waals surface area contributed by atoms with Crippen LogP contribution in [0.3, 0.4) is 0 Å². The Bertz CT molecular complexity index is 357. The van der Waals surface area contributed by atoms with Crippen molar-refractivity contribution in [3.63, 3.8) is 0 Å². The van der Waals surface area contributed by atoms with E-state index in [0.717, 1.165) is 11.3 Å². The fourth-order valence-corrected chi connectivity index (χ4v) is 2.18. The molecule has 100 valence electrons. The number of carbonyl (C=O) groups excluding carboxylic acids is 1. The minimum atomic E-state index is -0.241. The molecule has 0 saturated heterocycles. The van der Waals surface area contributed by atoms with Gasteiger partial charge in [0.1, 0.15) is 5.82 Å². The van der Waals surface area contributed by atoms with Crippen LogP contribution in [0.15, 0.2) is 29.2 Å². The molecular formula is C13H18FNO2S. The van der Waals surface area contributed by atoms with Gasteiger partial charge in [-0.2, -0.15) is 0 Å². The lowest BCUT2D eigenvalue weighted by Crippen LogP contribution is -2.25. The monoisotopic (exact) mass is 271 g/mol. The zero-order valence-electron chi connectivity index (χ0n) is 10.4. The number of benzene rings is 1. The van der Waals surface area contributed by atoms with Crippen LogP contribution in [-0.2, 0) is 9.53 Å². The standard InChI is InChI=1S/C13H18FNO2S/c1-17-9-2-8-15-13(16)7-10-18-12-5-3-11(14)4-6-12/h3-6H,2,7-10H2,1H3,(H,15,16). The van der Waals surface area contributed by atoms with Gasteiger partial charge in [0.05, 0.1) is 0 Å². The Labute approximate surface area is 111 Å². The van der Waals surface area contributed by atoms with E-state index < -0.39 is 0 Å². The number of thioether (sulfide) groups is 1. The van der Waals surface area contributed by atoms with Crippen LogP contribution in [0.1, 0.15) is 12.8 Å². The van der Waals surface area contributed by atoms with E-state index in [0.29, 0.717) is 25.3 Å². The lowest BCUT2D eigenvalue weighted by molar-refractivity contribution is -0.120. The molecule has 1 aromatic rings. The minimum absolute atomic E-state index is 0.0423. The Hall–Kier alpha value is -1.07. The molecule has 1 amide bonds. The maximum absolute atomic E-state index is 12.7. The van der Waals surface area contributed by atoms with Crippen LogP contribution in [0.5, 0.6) is 0 Å². The minimum Gasteiger partial charge on any atom is -0.385 e. The summed E-state index contributed by atoms with van der Waals surface area (Å²) in [4.78, 5) is 12.4. The van der Waals surface area contributed by atoms with Crippen molar-refractivity contribution in [3.05, 3.63) is 30.1 Å². The maximum Gasteiger partial charge on any atom is 0.220 e. The summed E-state index contributed by atoms with van der Waals surface area (Å²) in [5.74, 6) is 0.498. The maximum atomic E-state index is 12.7. The molecule has 0 atom stereocenters. The van der Waals surface area contributed by atoms with Gasteiger partial charge in [0.25, 0.3) is 0 Å². The van der Waals surface area contributed by atoms with E-state index in [-0.39, 0.29) is 11.7 Å². The molecule has 0 aliphatic carbocycles. The van der Waals surface area contributed by atoms with Crippen molar-refractivity contribution < 1.29 is 13.9 Å². The average molecular weight is 271 g/mol. The summed E-state index contributed by atoms with van der Waals surface area (Å²) in [6, 6.07) is 6.29. The number of methoxy groups -OCH3 is 1. The van der Waals surface area contributed by atoms with E-state index in [1.807, 2.05) is 0 Å². The van der Waals surface area contributed by atoms with Crippen molar-refractivity contribution in [1.29, 1.82) is 0 Å². The van der Waals surface area contributed by atoms with Crippen LogP contribution >= 0.6 is 11.8 Å². The van der Waals surface area contributed by atoms with Crippen LogP contribution in [-0.4, -0.2) is 31.9 Å². The first-order valence-corrected chi connectivity index (χ1v) is 6.85. The number of hydrogen-bond donors (Lipinski definition) is 1. The van der Waals surface area contributed by atoms with Gasteiger partial charge in [0.15, 0.2) is 0 Å². The second-order valence-electron chi connectivity index (χ2n) is 3.75. The summed E-state index contributed by atoms with van der Waals surface area (Å²) in [6.45, 7) is 1.30. The van der Waals surface area contributed by atoms with Gasteiger partial charge in [-0.1, -0.05) is 0 Å². The summed E-state index contributed by atoms with van der Waals surface area (Å²) in [5.41, 5.74) is 0. The zero-order valence-corrected chi connectivity index (χ0v) is 11.3. The van der Waals surface area contributed by atoms with E-state index in [1.54, 1.807) is 31.0 Å². The number of nitrogens with one attached hydrogen (secondary N) is 1. The molecule has 0 saturated carbocycles. The Morgan fingerprint density at radius 3 is 2.78 bits per heavy atom. The van der Waals surface area contributed by atoms with Crippen molar-refractivity contribution in [3.8, 4) is 0 Å². The molecular weight excluding hydrogens is 253 g/mol. The van der Waals surface area contributed by atoms with E-state index in [4.69, 9.17) is 4.74 Å². The topological polar surface area (TPSA) is 38.3 Å². The molecule has 1 N–H and O–H groups in total. The van der Waals surface area contributed by atoms with Crippen LogP contribution < -0.4 is 5.32 Å². The molecule has 1 aromatic carbocycles. The summed E-state index contributed by atoms with van der Waals surface area (Å²) in [7, 11) is 1.64. The molecule has 0 bridgehead atoms. The number of carbonyl (C=O) groups is 1. The third kappa shape index (κ3) is 6.61. The van der Waals surface area contributed by atoms with Crippen molar-refractivity contribution in [1.82, 2.24) is 5.32 Å². The molecule has 0 unspecified atom stereocenters. The normalized spacial score (nSPS) is 10.3. The fourth-order valence-electron chi connectivity index (χ4n) is 1.33. The summed E-state index contributed by atoms with van der Waals surface area (Å²) in [5, 5.41) is 2.82. The Morgan fingerprint density at radius 2 is 2.11 bits per heavy atom. The van der Waals surface area contributed by atoms with Crippen molar-refractivity contribution in [2.45, 2.75) is 17.7 Å². The molecule has 0 aromatic heterocycles. The van der Waals surface area contributed by atoms with Gasteiger partial charge in [0, 0.05) is 37.3 Å². The van der Waals surface area contributed by atoms with E-state index >= 15 is 0 Å². The Kier molecular flexibility index (Phi) is 7.44. The third-order valence-corrected chi connectivity index (χ3v) is 3.27. The van der Waals surface area contributed by atoms with E-state index in [1.165, 1.54) is 12.1 Å². The van der Waals surface area contributed by atoms with Gasteiger partial charge in [-0.15, -0.1) is 11.8 Å². The van der Waals surface area contributed by atoms with Crippen molar-refractivity contribution in [2.75, 3.05) is 26.0 Å². The van der Waals surface area contributed by atoms with Crippen LogP contribution in [0.25, 0.3) is 0 Å². The number of amides is 1. The molecule has 0 spiro atoms. The van der Waals surface area contributed by atoms with Gasteiger partial charge < -0.3 is 10.1 Å². The smallest absolute Gasteiger partial charge is 0.220 e. The molecule has 0 aliphatic heterocycles. The molecule has 0 heterocycles. The highest BCUT2D eigenvalue weighted by Gasteiger charge is 2.01. The molecule has 1 rings (SSSR count). The van der Waals surface area contributed by atoms with E-state index in [9.17, 15) is 9.18 Å². The van der Waals surface area contributed by atoms with Crippen LogP contribution in [0.2, 0.25) is 0 Å².